The summed E-state index contributed by atoms with van der Waals surface area (Å²) in [6.07, 6.45) is 8.91. The maximum absolute atomic E-state index is 11.3. The molecule has 0 bridgehead atoms. The highest BCUT2D eigenvalue weighted by Gasteiger charge is 2.09. The Bertz CT molecular complexity index is 769. The third kappa shape index (κ3) is 4.42. The standard InChI is InChI=1S/C11H10O2.C9H7N/c1-3-9-7-5-6-8-10(9)11(12)13-4-2;1-2-4-9-7-10-6-5-8(9)3-1/h1,5-8H,4H2,2H3;1-7H. The van der Waals surface area contributed by atoms with Crippen LogP contribution in [-0.4, -0.2) is 17.6 Å². The van der Waals surface area contributed by atoms with Crippen molar-refractivity contribution in [3.05, 3.63) is 78.1 Å². The highest BCUT2D eigenvalue weighted by atomic mass is 16.5. The van der Waals surface area contributed by atoms with E-state index in [1.807, 2.05) is 30.6 Å². The summed E-state index contributed by atoms with van der Waals surface area (Å²) in [6.45, 7) is 2.12. The van der Waals surface area contributed by atoms with E-state index in [1.165, 1.54) is 10.8 Å². The molecule has 114 valence electrons. The average molecular weight is 303 g/mol. The van der Waals surface area contributed by atoms with E-state index >= 15 is 0 Å². The highest BCUT2D eigenvalue weighted by molar-refractivity contribution is 5.92. The van der Waals surface area contributed by atoms with Gasteiger partial charge in [-0.3, -0.25) is 4.98 Å². The second-order valence-electron chi connectivity index (χ2n) is 4.63. The Balaban J connectivity index is 0.000000172. The Morgan fingerprint density at radius 3 is 2.48 bits per heavy atom. The van der Waals surface area contributed by atoms with Crippen LogP contribution < -0.4 is 0 Å². The summed E-state index contributed by atoms with van der Waals surface area (Å²) in [4.78, 5) is 15.3. The van der Waals surface area contributed by atoms with Crippen molar-refractivity contribution in [2.24, 2.45) is 0 Å². The van der Waals surface area contributed by atoms with E-state index in [0.29, 0.717) is 17.7 Å². The second kappa shape index (κ2) is 8.35. The molecule has 0 aliphatic heterocycles. The zero-order valence-electron chi connectivity index (χ0n) is 12.9. The summed E-state index contributed by atoms with van der Waals surface area (Å²) < 4.78 is 4.84. The lowest BCUT2D eigenvalue weighted by molar-refractivity contribution is 0.0526. The first-order valence-corrected chi connectivity index (χ1v) is 7.27. The van der Waals surface area contributed by atoms with Gasteiger partial charge < -0.3 is 4.74 Å². The summed E-state index contributed by atoms with van der Waals surface area (Å²) in [5.74, 6) is 2.07. The van der Waals surface area contributed by atoms with Gasteiger partial charge in [-0.1, -0.05) is 42.3 Å². The number of nitrogens with zero attached hydrogens (tertiary/aromatic N) is 1. The van der Waals surface area contributed by atoms with Gasteiger partial charge in [0.15, 0.2) is 0 Å². The number of carbonyl (C=O) groups excluding carboxylic acids is 1. The van der Waals surface area contributed by atoms with Crippen molar-refractivity contribution < 1.29 is 9.53 Å². The molecule has 0 spiro atoms. The molecular formula is C20H17NO2. The van der Waals surface area contributed by atoms with Crippen LogP contribution in [0.15, 0.2) is 67.0 Å². The summed E-state index contributed by atoms with van der Waals surface area (Å²) in [6, 6.07) is 17.1. The highest BCUT2D eigenvalue weighted by Crippen LogP contribution is 2.09. The number of ether oxygens (including phenoxy) is 1. The number of pyridine rings is 1. The lowest BCUT2D eigenvalue weighted by Gasteiger charge is -2.02. The molecule has 0 N–H and O–H groups in total. The molecule has 0 saturated carbocycles. The topological polar surface area (TPSA) is 39.2 Å². The number of fused-ring (bicyclic) bond motifs is 1. The van der Waals surface area contributed by atoms with E-state index in [9.17, 15) is 4.79 Å². The van der Waals surface area contributed by atoms with E-state index in [-0.39, 0.29) is 5.97 Å². The Kier molecular flexibility index (Phi) is 5.90. The van der Waals surface area contributed by atoms with Crippen molar-refractivity contribution >= 4 is 16.7 Å². The van der Waals surface area contributed by atoms with Crippen LogP contribution in [0.2, 0.25) is 0 Å². The number of hydrogen-bond acceptors (Lipinski definition) is 3. The van der Waals surface area contributed by atoms with Crippen LogP contribution >= 0.6 is 0 Å². The van der Waals surface area contributed by atoms with Crippen LogP contribution in [0, 0.1) is 12.3 Å². The van der Waals surface area contributed by atoms with Gasteiger partial charge in [-0.15, -0.1) is 6.42 Å². The number of carbonyl (C=O) groups is 1. The number of rotatable bonds is 2. The molecule has 0 aliphatic rings. The first-order chi connectivity index (χ1) is 11.3. The average Bonchev–Trinajstić information content (AvgIpc) is 2.62. The van der Waals surface area contributed by atoms with Crippen molar-refractivity contribution in [1.82, 2.24) is 4.98 Å². The van der Waals surface area contributed by atoms with Gasteiger partial charge >= 0.3 is 5.97 Å². The largest absolute Gasteiger partial charge is 0.462 e. The molecule has 1 aromatic heterocycles. The number of esters is 1. The minimum atomic E-state index is -0.365. The van der Waals surface area contributed by atoms with Crippen molar-refractivity contribution in [1.29, 1.82) is 0 Å². The van der Waals surface area contributed by atoms with Gasteiger partial charge in [0.25, 0.3) is 0 Å². The van der Waals surface area contributed by atoms with Crippen LogP contribution in [0.1, 0.15) is 22.8 Å². The molecule has 3 rings (SSSR count). The Morgan fingerprint density at radius 1 is 1.09 bits per heavy atom. The molecule has 3 nitrogen and oxygen atoms in total. The molecule has 0 radical (unpaired) electrons. The molecular weight excluding hydrogens is 286 g/mol. The smallest absolute Gasteiger partial charge is 0.339 e. The summed E-state index contributed by atoms with van der Waals surface area (Å²) in [5.41, 5.74) is 1.02. The lowest BCUT2D eigenvalue weighted by Crippen LogP contribution is -2.06. The minimum Gasteiger partial charge on any atom is -0.462 e. The normalized spacial score (nSPS) is 9.39. The van der Waals surface area contributed by atoms with Gasteiger partial charge in [0, 0.05) is 18.0 Å². The molecule has 23 heavy (non-hydrogen) atoms. The first-order valence-electron chi connectivity index (χ1n) is 7.27. The second-order valence-corrected chi connectivity index (χ2v) is 4.63. The van der Waals surface area contributed by atoms with Gasteiger partial charge in [-0.25, -0.2) is 4.79 Å². The fourth-order valence-corrected chi connectivity index (χ4v) is 2.02. The number of terminal acetylenes is 1. The molecule has 0 atom stereocenters. The van der Waals surface area contributed by atoms with Gasteiger partial charge in [0.2, 0.25) is 0 Å². The van der Waals surface area contributed by atoms with Crippen molar-refractivity contribution in [3.63, 3.8) is 0 Å². The molecule has 0 saturated heterocycles. The van der Waals surface area contributed by atoms with Gasteiger partial charge in [0.1, 0.15) is 0 Å². The maximum Gasteiger partial charge on any atom is 0.339 e. The number of hydrogen-bond donors (Lipinski definition) is 0. The third-order valence-electron chi connectivity index (χ3n) is 3.13. The zero-order chi connectivity index (χ0) is 16.5. The van der Waals surface area contributed by atoms with Gasteiger partial charge in [-0.2, -0.15) is 0 Å². The SMILES string of the molecule is C#Cc1ccccc1C(=O)OCC.c1ccc2cnccc2c1. The van der Waals surface area contributed by atoms with Crippen molar-refractivity contribution in [3.8, 4) is 12.3 Å². The predicted octanol–water partition coefficient (Wildman–Crippen LogP) is 4.08. The van der Waals surface area contributed by atoms with Crippen LogP contribution in [-0.2, 0) is 4.74 Å². The zero-order valence-corrected chi connectivity index (χ0v) is 12.9. The van der Waals surface area contributed by atoms with Crippen LogP contribution in [0.3, 0.4) is 0 Å². The van der Waals surface area contributed by atoms with Gasteiger partial charge in [-0.05, 0) is 35.9 Å². The Morgan fingerprint density at radius 2 is 1.78 bits per heavy atom. The number of aromatic nitrogens is 1. The van der Waals surface area contributed by atoms with E-state index < -0.39 is 0 Å². The Hall–Kier alpha value is -3.12. The van der Waals surface area contributed by atoms with Crippen molar-refractivity contribution in [2.45, 2.75) is 6.92 Å². The monoisotopic (exact) mass is 303 g/mol. The number of benzene rings is 2. The molecule has 3 heteroatoms. The van der Waals surface area contributed by atoms with E-state index in [2.05, 4.69) is 23.0 Å². The summed E-state index contributed by atoms with van der Waals surface area (Å²) in [7, 11) is 0. The fourth-order valence-electron chi connectivity index (χ4n) is 2.02. The molecule has 0 fully saturated rings. The molecule has 0 unspecified atom stereocenters. The first kappa shape index (κ1) is 16.3. The van der Waals surface area contributed by atoms with E-state index in [4.69, 9.17) is 11.2 Å². The van der Waals surface area contributed by atoms with E-state index in [0.717, 1.165) is 0 Å². The minimum absolute atomic E-state index is 0.359. The summed E-state index contributed by atoms with van der Waals surface area (Å²) in [5, 5.41) is 2.45. The third-order valence-corrected chi connectivity index (χ3v) is 3.13. The molecule has 1 heterocycles. The fraction of sp³-hybridized carbons (Fsp3) is 0.100. The van der Waals surface area contributed by atoms with Crippen LogP contribution in [0.4, 0.5) is 0 Å². The van der Waals surface area contributed by atoms with Crippen LogP contribution in [0.25, 0.3) is 10.8 Å². The molecule has 0 aliphatic carbocycles. The molecule has 0 amide bonds. The van der Waals surface area contributed by atoms with Crippen LogP contribution in [0.5, 0.6) is 0 Å². The predicted molar refractivity (Wildman–Crippen MR) is 92.1 cm³/mol. The van der Waals surface area contributed by atoms with Crippen molar-refractivity contribution in [2.75, 3.05) is 6.61 Å². The van der Waals surface area contributed by atoms with Gasteiger partial charge in [0.05, 0.1) is 12.2 Å². The Labute approximate surface area is 135 Å². The quantitative estimate of drug-likeness (QED) is 0.529. The maximum atomic E-state index is 11.3. The lowest BCUT2D eigenvalue weighted by atomic mass is 10.1. The molecule has 2 aromatic carbocycles. The van der Waals surface area contributed by atoms with E-state index in [1.54, 1.807) is 31.2 Å². The summed E-state index contributed by atoms with van der Waals surface area (Å²) >= 11 is 0. The molecule has 3 aromatic rings.